The highest BCUT2D eigenvalue weighted by atomic mass is 35.5. The topological polar surface area (TPSA) is 110 Å². The minimum absolute atomic E-state index is 0.325. The highest BCUT2D eigenvalue weighted by Crippen LogP contribution is 2.31. The van der Waals surface area contributed by atoms with Crippen LogP contribution in [0.1, 0.15) is 38.2 Å². The maximum Gasteiger partial charge on any atom is 0.225 e. The monoisotopic (exact) mass is 643 g/mol. The first kappa shape index (κ1) is 32.8. The lowest BCUT2D eigenvalue weighted by atomic mass is 9.93. The lowest BCUT2D eigenvalue weighted by molar-refractivity contribution is -0.0611. The summed E-state index contributed by atoms with van der Waals surface area (Å²) in [6.45, 7) is 9.53. The first-order chi connectivity index (χ1) is 21.2. The number of pyridine rings is 1. The Labute approximate surface area is 270 Å². The summed E-state index contributed by atoms with van der Waals surface area (Å²) in [6, 6.07) is 9.91. The van der Waals surface area contributed by atoms with Gasteiger partial charge in [0, 0.05) is 66.9 Å². The summed E-state index contributed by atoms with van der Waals surface area (Å²) in [5.74, 6) is 1.97. The fourth-order valence-electron chi connectivity index (χ4n) is 6.03. The van der Waals surface area contributed by atoms with Gasteiger partial charge >= 0.3 is 0 Å². The van der Waals surface area contributed by atoms with Crippen LogP contribution in [-0.4, -0.2) is 100 Å². The van der Waals surface area contributed by atoms with E-state index >= 15 is 0 Å². The van der Waals surface area contributed by atoms with E-state index in [0.717, 1.165) is 76.2 Å². The number of piperazine rings is 1. The third kappa shape index (κ3) is 9.23. The van der Waals surface area contributed by atoms with Crippen LogP contribution in [-0.2, 0) is 6.54 Å². The van der Waals surface area contributed by atoms with Crippen LogP contribution in [0.15, 0.2) is 42.7 Å². The van der Waals surface area contributed by atoms with Crippen molar-refractivity contribution in [2.24, 2.45) is 5.92 Å². The molecule has 0 radical (unpaired) electrons. The van der Waals surface area contributed by atoms with Gasteiger partial charge < -0.3 is 25.2 Å². The number of nitrogens with one attached hydrogen (secondary N) is 1. The van der Waals surface area contributed by atoms with Crippen molar-refractivity contribution in [3.05, 3.63) is 58.3 Å². The predicted molar refractivity (Wildman–Crippen MR) is 174 cm³/mol. The zero-order valence-electron chi connectivity index (χ0n) is 25.5. The average Bonchev–Trinajstić information content (AvgIpc) is 3.00. The summed E-state index contributed by atoms with van der Waals surface area (Å²) in [4.78, 5) is 21.1. The molecule has 0 aliphatic carbocycles. The molecule has 2 saturated heterocycles. The number of ether oxygens (including phenoxy) is 1. The van der Waals surface area contributed by atoms with Crippen molar-refractivity contribution in [2.45, 2.75) is 51.5 Å². The predicted octanol–water partition coefficient (Wildman–Crippen LogP) is 4.67. The van der Waals surface area contributed by atoms with E-state index in [4.69, 9.17) is 32.9 Å². The molecule has 44 heavy (non-hydrogen) atoms. The van der Waals surface area contributed by atoms with E-state index < -0.39 is 6.29 Å². The van der Waals surface area contributed by atoms with Crippen molar-refractivity contribution in [1.82, 2.24) is 30.1 Å². The van der Waals surface area contributed by atoms with Crippen molar-refractivity contribution in [3.63, 3.8) is 0 Å². The molecule has 0 spiro atoms. The Morgan fingerprint density at radius 1 is 0.955 bits per heavy atom. The van der Waals surface area contributed by atoms with Crippen LogP contribution in [0.3, 0.4) is 0 Å². The SMILES string of the molecule is CNCCC(C)N1CCN(c2ncc(Oc3cc(CN4CCC(CC(O)O)CC4)cc(-c4cc(Cl)cc(Cl)c4)n3)cn2)CC1. The Morgan fingerprint density at radius 3 is 2.27 bits per heavy atom. The van der Waals surface area contributed by atoms with E-state index in [1.807, 2.05) is 31.3 Å². The summed E-state index contributed by atoms with van der Waals surface area (Å²) >= 11 is 12.6. The summed E-state index contributed by atoms with van der Waals surface area (Å²) in [5.41, 5.74) is 2.55. The molecule has 5 rings (SSSR count). The number of rotatable bonds is 12. The molecule has 2 aliphatic heterocycles. The van der Waals surface area contributed by atoms with Crippen LogP contribution in [0, 0.1) is 5.92 Å². The largest absolute Gasteiger partial charge is 0.436 e. The fraction of sp³-hybridized carbons (Fsp3) is 0.531. The van der Waals surface area contributed by atoms with Crippen LogP contribution in [0.2, 0.25) is 10.0 Å². The number of hydrogen-bond donors (Lipinski definition) is 3. The third-order valence-corrected chi connectivity index (χ3v) is 8.98. The van der Waals surface area contributed by atoms with Crippen LogP contribution in [0.4, 0.5) is 5.95 Å². The molecule has 3 N–H and O–H groups in total. The second-order valence-electron chi connectivity index (χ2n) is 11.9. The van der Waals surface area contributed by atoms with Gasteiger partial charge in [-0.1, -0.05) is 23.2 Å². The Kier molecular flexibility index (Phi) is 11.7. The van der Waals surface area contributed by atoms with E-state index in [2.05, 4.69) is 36.9 Å². The van der Waals surface area contributed by atoms with Gasteiger partial charge in [0.05, 0.1) is 18.1 Å². The zero-order chi connectivity index (χ0) is 31.1. The fourth-order valence-corrected chi connectivity index (χ4v) is 6.56. The van der Waals surface area contributed by atoms with Gasteiger partial charge in [-0.2, -0.15) is 0 Å². The maximum atomic E-state index is 9.36. The van der Waals surface area contributed by atoms with Crippen molar-refractivity contribution >= 4 is 29.2 Å². The number of benzene rings is 1. The van der Waals surface area contributed by atoms with Crippen LogP contribution in [0.25, 0.3) is 11.3 Å². The minimum atomic E-state index is -1.25. The summed E-state index contributed by atoms with van der Waals surface area (Å²) < 4.78 is 6.21. The second kappa shape index (κ2) is 15.6. The molecular weight excluding hydrogens is 601 g/mol. The van der Waals surface area contributed by atoms with Crippen molar-refractivity contribution in [2.75, 3.05) is 57.8 Å². The maximum absolute atomic E-state index is 9.36. The quantitative estimate of drug-likeness (QED) is 0.241. The van der Waals surface area contributed by atoms with Crippen LogP contribution >= 0.6 is 23.2 Å². The molecule has 3 aromatic rings. The van der Waals surface area contributed by atoms with E-state index in [1.165, 1.54) is 0 Å². The number of aliphatic hydroxyl groups is 2. The van der Waals surface area contributed by atoms with E-state index in [0.29, 0.717) is 58.2 Å². The minimum Gasteiger partial charge on any atom is -0.436 e. The van der Waals surface area contributed by atoms with Crippen LogP contribution in [0.5, 0.6) is 11.6 Å². The van der Waals surface area contributed by atoms with E-state index in [1.54, 1.807) is 18.5 Å². The van der Waals surface area contributed by atoms with Gasteiger partial charge in [0.2, 0.25) is 11.8 Å². The molecule has 2 aliphatic rings. The molecule has 1 aromatic carbocycles. The molecular formula is C32H43Cl2N7O3. The summed E-state index contributed by atoms with van der Waals surface area (Å²) in [7, 11) is 2.00. The lowest BCUT2D eigenvalue weighted by Crippen LogP contribution is -2.50. The van der Waals surface area contributed by atoms with Gasteiger partial charge in [0.1, 0.15) is 0 Å². The molecule has 0 bridgehead atoms. The molecule has 0 saturated carbocycles. The highest BCUT2D eigenvalue weighted by molar-refractivity contribution is 6.35. The molecule has 4 heterocycles. The number of likely N-dealkylation sites (tertiary alicyclic amines) is 1. The number of aromatic nitrogens is 3. The summed E-state index contributed by atoms with van der Waals surface area (Å²) in [6.07, 6.45) is 5.57. The van der Waals surface area contributed by atoms with Crippen molar-refractivity contribution in [3.8, 4) is 22.9 Å². The Morgan fingerprint density at radius 2 is 1.64 bits per heavy atom. The van der Waals surface area contributed by atoms with Gasteiger partial charge in [-0.05, 0) is 88.6 Å². The van der Waals surface area contributed by atoms with Gasteiger partial charge in [-0.3, -0.25) is 9.80 Å². The molecule has 2 fully saturated rings. The van der Waals surface area contributed by atoms with Gasteiger partial charge in [0.25, 0.3) is 0 Å². The number of hydrogen-bond acceptors (Lipinski definition) is 10. The Bertz CT molecular complexity index is 1330. The zero-order valence-corrected chi connectivity index (χ0v) is 27.0. The Balaban J connectivity index is 1.27. The molecule has 12 heteroatoms. The van der Waals surface area contributed by atoms with Crippen LogP contribution < -0.4 is 15.0 Å². The van der Waals surface area contributed by atoms with E-state index in [-0.39, 0.29) is 0 Å². The lowest BCUT2D eigenvalue weighted by Gasteiger charge is -2.38. The number of anilines is 1. The second-order valence-corrected chi connectivity index (χ2v) is 12.8. The molecule has 10 nitrogen and oxygen atoms in total. The molecule has 1 unspecified atom stereocenters. The first-order valence-corrected chi connectivity index (χ1v) is 16.2. The smallest absolute Gasteiger partial charge is 0.225 e. The molecule has 1 atom stereocenters. The highest BCUT2D eigenvalue weighted by Gasteiger charge is 2.23. The van der Waals surface area contributed by atoms with Gasteiger partial charge in [-0.15, -0.1) is 0 Å². The summed E-state index contributed by atoms with van der Waals surface area (Å²) in [5, 5.41) is 23.0. The normalized spacial score (nSPS) is 17.8. The Hall–Kier alpha value is -2.57. The number of nitrogens with zero attached hydrogens (tertiary/aromatic N) is 6. The number of aliphatic hydroxyl groups excluding tert-OH is 1. The third-order valence-electron chi connectivity index (χ3n) is 8.55. The standard InChI is InChI=1S/C32H43Cl2N7O3/c1-22(3-6-35-2)40-9-11-41(12-10-40)32-36-19-28(20-37-32)44-30-14-24(21-39-7-4-23(5-8-39)15-31(42)43)13-29(38-30)25-16-26(33)18-27(34)17-25/h13-14,16-20,22-23,31,35,42-43H,3-12,15,21H2,1-2H3. The average molecular weight is 645 g/mol. The van der Waals surface area contributed by atoms with Crippen molar-refractivity contribution in [1.29, 1.82) is 0 Å². The molecule has 0 amide bonds. The molecule has 2 aromatic heterocycles. The first-order valence-electron chi connectivity index (χ1n) is 15.4. The van der Waals surface area contributed by atoms with Gasteiger partial charge in [-0.25, -0.2) is 15.0 Å². The molecule has 238 valence electrons. The number of halogens is 2. The van der Waals surface area contributed by atoms with Gasteiger partial charge in [0.15, 0.2) is 12.0 Å². The van der Waals surface area contributed by atoms with E-state index in [9.17, 15) is 10.2 Å². The van der Waals surface area contributed by atoms with Crippen molar-refractivity contribution < 1.29 is 14.9 Å². The number of piperidine rings is 1.